The van der Waals surface area contributed by atoms with Gasteiger partial charge in [0.25, 0.3) is 5.91 Å². The van der Waals surface area contributed by atoms with Crippen molar-refractivity contribution in [1.29, 1.82) is 0 Å². The molecule has 3 aromatic rings. The number of halogens is 9. The van der Waals surface area contributed by atoms with Crippen molar-refractivity contribution in [2.75, 3.05) is 10.6 Å². The largest absolute Gasteiger partial charge is 0.419 e. The van der Waals surface area contributed by atoms with Gasteiger partial charge in [0, 0.05) is 27.3 Å². The molecule has 13 heteroatoms. The highest BCUT2D eigenvalue weighted by atomic mass is 35.5. The Balaban J connectivity index is 1.52. The lowest BCUT2D eigenvalue weighted by Crippen LogP contribution is -2.18. The number of alkyl halides is 5. The van der Waals surface area contributed by atoms with Crippen LogP contribution in [0.25, 0.3) is 0 Å². The van der Waals surface area contributed by atoms with E-state index in [1.165, 1.54) is 24.3 Å². The fourth-order valence-electron chi connectivity index (χ4n) is 3.84. The molecule has 0 unspecified atom stereocenters. The molecule has 1 saturated carbocycles. The van der Waals surface area contributed by atoms with Gasteiger partial charge >= 0.3 is 6.18 Å². The van der Waals surface area contributed by atoms with Gasteiger partial charge in [-0.25, -0.2) is 4.39 Å². The molecular weight excluding hydrogens is 602 g/mol. The van der Waals surface area contributed by atoms with Crippen molar-refractivity contribution in [1.82, 2.24) is 0 Å². The Morgan fingerprint density at radius 3 is 2.05 bits per heavy atom. The first-order valence-electron chi connectivity index (χ1n) is 10.3. The lowest BCUT2D eigenvalue weighted by molar-refractivity contribution is -0.140. The van der Waals surface area contributed by atoms with Gasteiger partial charge in [0.05, 0.1) is 22.1 Å². The molecule has 2 N–H and O–H groups in total. The van der Waals surface area contributed by atoms with E-state index < -0.39 is 45.5 Å². The van der Waals surface area contributed by atoms with E-state index in [1.54, 1.807) is 12.1 Å². The molecule has 0 spiro atoms. The van der Waals surface area contributed by atoms with Gasteiger partial charge in [-0.15, -0.1) is 23.2 Å². The summed E-state index contributed by atoms with van der Waals surface area (Å²) in [6.45, 7) is 0. The predicted octanol–water partition coefficient (Wildman–Crippen LogP) is 8.58. The van der Waals surface area contributed by atoms with Crippen LogP contribution in [-0.2, 0) is 11.0 Å². The van der Waals surface area contributed by atoms with Gasteiger partial charge in [-0.2, -0.15) is 13.2 Å². The van der Waals surface area contributed by atoms with E-state index in [4.69, 9.17) is 58.0 Å². The van der Waals surface area contributed by atoms with Crippen LogP contribution in [0.3, 0.4) is 0 Å². The normalized spacial score (nSPS) is 18.3. The first-order valence-corrected chi connectivity index (χ1v) is 12.2. The molecular formula is C24H13Cl5F4N2O2. The van der Waals surface area contributed by atoms with E-state index in [9.17, 15) is 27.2 Å². The van der Waals surface area contributed by atoms with Crippen LogP contribution < -0.4 is 10.6 Å². The zero-order valence-electron chi connectivity index (χ0n) is 18.1. The number of rotatable bonds is 5. The SMILES string of the molecule is O=C(Nc1ccc(F)c(C(F)(F)F)c1)c1cc(NC(=O)[C@H]2[C@H](c3cc(Cl)cc(Cl)c3)C2(Cl)Cl)ccc1Cl. The molecule has 1 aliphatic rings. The summed E-state index contributed by atoms with van der Waals surface area (Å²) in [5, 5.41) is 5.48. The topological polar surface area (TPSA) is 58.2 Å². The molecule has 2 amide bonds. The van der Waals surface area contributed by atoms with E-state index in [2.05, 4.69) is 10.6 Å². The van der Waals surface area contributed by atoms with Crippen LogP contribution in [0.2, 0.25) is 15.1 Å². The van der Waals surface area contributed by atoms with Crippen molar-refractivity contribution < 1.29 is 27.2 Å². The number of anilines is 2. The first kappa shape index (κ1) is 27.8. The third-order valence-corrected chi connectivity index (χ3v) is 7.29. The van der Waals surface area contributed by atoms with Crippen LogP contribution >= 0.6 is 58.0 Å². The third kappa shape index (κ3) is 5.94. The van der Waals surface area contributed by atoms with Crippen molar-refractivity contribution in [2.24, 2.45) is 5.92 Å². The minimum atomic E-state index is -4.95. The molecule has 1 aliphatic carbocycles. The van der Waals surface area contributed by atoms with E-state index >= 15 is 0 Å². The summed E-state index contributed by atoms with van der Waals surface area (Å²) >= 11 is 30.9. The fourth-order valence-corrected chi connectivity index (χ4v) is 5.41. The van der Waals surface area contributed by atoms with Gasteiger partial charge in [0.15, 0.2) is 0 Å². The molecule has 0 aromatic heterocycles. The highest BCUT2D eigenvalue weighted by Gasteiger charge is 2.67. The zero-order chi connectivity index (χ0) is 27.3. The molecule has 0 radical (unpaired) electrons. The summed E-state index contributed by atoms with van der Waals surface area (Å²) in [6.07, 6.45) is -4.95. The molecule has 4 nitrogen and oxygen atoms in total. The molecule has 4 rings (SSSR count). The third-order valence-electron chi connectivity index (χ3n) is 5.59. The van der Waals surface area contributed by atoms with Crippen LogP contribution in [0.1, 0.15) is 27.4 Å². The smallest absolute Gasteiger partial charge is 0.326 e. The second kappa shape index (κ2) is 10.2. The quantitative estimate of drug-likeness (QED) is 0.223. The second-order valence-corrected chi connectivity index (χ2v) is 10.9. The molecule has 1 fully saturated rings. The number of carbonyl (C=O) groups is 2. The average molecular weight is 615 g/mol. The summed E-state index contributed by atoms with van der Waals surface area (Å²) < 4.78 is 51.0. The number of benzene rings is 3. The minimum Gasteiger partial charge on any atom is -0.326 e. The van der Waals surface area contributed by atoms with E-state index in [0.717, 1.165) is 6.07 Å². The number of hydrogen-bond acceptors (Lipinski definition) is 2. The molecule has 194 valence electrons. The first-order chi connectivity index (χ1) is 17.2. The lowest BCUT2D eigenvalue weighted by Gasteiger charge is -2.12. The minimum absolute atomic E-state index is 0.0458. The van der Waals surface area contributed by atoms with Crippen molar-refractivity contribution in [3.63, 3.8) is 0 Å². The highest BCUT2D eigenvalue weighted by molar-refractivity contribution is 6.53. The van der Waals surface area contributed by atoms with Crippen molar-refractivity contribution in [3.8, 4) is 0 Å². The second-order valence-electron chi connectivity index (χ2n) is 8.16. The zero-order valence-corrected chi connectivity index (χ0v) is 21.8. The summed E-state index contributed by atoms with van der Waals surface area (Å²) in [5.74, 6) is -4.42. The van der Waals surface area contributed by atoms with Crippen LogP contribution in [0.15, 0.2) is 54.6 Å². The van der Waals surface area contributed by atoms with Crippen LogP contribution in [0.4, 0.5) is 28.9 Å². The van der Waals surface area contributed by atoms with Gasteiger partial charge in [0.1, 0.15) is 10.2 Å². The van der Waals surface area contributed by atoms with Crippen LogP contribution in [0.5, 0.6) is 0 Å². The molecule has 0 bridgehead atoms. The fraction of sp³-hybridized carbons (Fsp3) is 0.167. The summed E-state index contributed by atoms with van der Waals surface area (Å²) in [5.41, 5.74) is -1.29. The summed E-state index contributed by atoms with van der Waals surface area (Å²) in [4.78, 5) is 25.7. The Hall–Kier alpha value is -2.23. The molecule has 37 heavy (non-hydrogen) atoms. The van der Waals surface area contributed by atoms with Gasteiger partial charge in [0.2, 0.25) is 5.91 Å². The van der Waals surface area contributed by atoms with Gasteiger partial charge < -0.3 is 10.6 Å². The Labute approximate surface area is 232 Å². The Morgan fingerprint density at radius 2 is 1.43 bits per heavy atom. The Morgan fingerprint density at radius 1 is 0.838 bits per heavy atom. The maximum atomic E-state index is 13.5. The van der Waals surface area contributed by atoms with E-state index in [1.807, 2.05) is 0 Å². The highest BCUT2D eigenvalue weighted by Crippen LogP contribution is 2.65. The maximum absolute atomic E-state index is 13.5. The monoisotopic (exact) mass is 612 g/mol. The van der Waals surface area contributed by atoms with Gasteiger partial charge in [-0.3, -0.25) is 9.59 Å². The van der Waals surface area contributed by atoms with E-state index in [-0.39, 0.29) is 22.0 Å². The predicted molar refractivity (Wildman–Crippen MR) is 137 cm³/mol. The molecule has 2 atom stereocenters. The van der Waals surface area contributed by atoms with Crippen molar-refractivity contribution in [3.05, 3.63) is 92.2 Å². The average Bonchev–Trinajstić information content (AvgIpc) is 3.37. The van der Waals surface area contributed by atoms with E-state index in [0.29, 0.717) is 27.7 Å². The number of carbonyl (C=O) groups excluding carboxylic acids is 2. The Bertz CT molecular complexity index is 1390. The van der Waals surface area contributed by atoms with Crippen molar-refractivity contribution >= 4 is 81.2 Å². The van der Waals surface area contributed by atoms with Crippen LogP contribution in [0, 0.1) is 11.7 Å². The molecule has 0 saturated heterocycles. The van der Waals surface area contributed by atoms with Crippen LogP contribution in [-0.4, -0.2) is 16.1 Å². The van der Waals surface area contributed by atoms with Crippen molar-refractivity contribution in [2.45, 2.75) is 16.4 Å². The number of nitrogens with one attached hydrogen (secondary N) is 2. The molecule has 0 aliphatic heterocycles. The van der Waals surface area contributed by atoms with Gasteiger partial charge in [-0.05, 0) is 60.2 Å². The Kier molecular flexibility index (Phi) is 7.63. The number of amides is 2. The molecule has 0 heterocycles. The summed E-state index contributed by atoms with van der Waals surface area (Å²) in [6, 6.07) is 10.7. The lowest BCUT2D eigenvalue weighted by atomic mass is 10.1. The molecule has 3 aromatic carbocycles. The number of hydrogen-bond donors (Lipinski definition) is 2. The summed E-state index contributed by atoms with van der Waals surface area (Å²) in [7, 11) is 0. The standard InChI is InChI=1S/C24H13Cl5F4N2O2/c25-11-5-10(6-12(26)7-11)19-20(23(19,28)29)22(37)35-13-1-3-17(27)15(8-13)21(36)34-14-2-4-18(30)16(9-14)24(31,32)33/h1-9,19-20H,(H,34,36)(H,35,37)/t19-,20+/m0/s1. The van der Waals surface area contributed by atoms with Gasteiger partial charge in [-0.1, -0.05) is 34.8 Å². The maximum Gasteiger partial charge on any atom is 0.419 e.